The zero-order chi connectivity index (χ0) is 99.2. The van der Waals surface area contributed by atoms with Crippen LogP contribution < -0.4 is 20.7 Å². The molecule has 1 amide bonds. The molecule has 1 atom stereocenters. The zero-order valence-corrected chi connectivity index (χ0v) is 83.8. The van der Waals surface area contributed by atoms with E-state index < -0.39 is 46.8 Å². The number of amides is 1. The van der Waals surface area contributed by atoms with E-state index in [4.69, 9.17) is 114 Å². The molecule has 0 radical (unpaired) electrons. The lowest BCUT2D eigenvalue weighted by molar-refractivity contribution is -0.777. The fourth-order valence-electron chi connectivity index (χ4n) is 14.1. The van der Waals surface area contributed by atoms with Gasteiger partial charge in [-0.15, -0.1) is 0 Å². The van der Waals surface area contributed by atoms with Crippen LogP contribution in [0.4, 0.5) is 11.4 Å². The van der Waals surface area contributed by atoms with Gasteiger partial charge in [-0.2, -0.15) is 13.2 Å². The second-order valence-electron chi connectivity index (χ2n) is 31.2. The van der Waals surface area contributed by atoms with Crippen molar-refractivity contribution >= 4 is 84.1 Å². The molecule has 2 aliphatic heterocycles. The number of hydrogen-bond donors (Lipinski definition) is 2. The van der Waals surface area contributed by atoms with Crippen molar-refractivity contribution in [3.8, 4) is 0 Å². The standard InChI is InChI=1S/C92H151N3O39S4/c1-91(2)82-75-78(136-134-132-100)19-21-83(82)94(86(91)15-8-5-9-16-87-92(3,23-12-6-11-18-89(97)98)90-81-76-79(137(101,102)103)77-85(138(104,105)106)80(81)20-22-84(90)95(87)26-14-74-135-133-131-99)25-13-7-10-17-88(96)93-24-27-108-30-31-110-34-35-112-38-39-114-42-43-116-46-47-118-50-51-120-54-55-122-58-59-124-62-63-126-66-67-128-70-71-130-73-72-129-69-68-127-65-64-125-61-60-123-57-56-121-53-52-119-49-48-117-45-44-115-41-40-113-37-36-111-33-32-109-29-28-107-4/h5,8-9,15-16,19-22,75-77H,6-7,10-14,17-18,23-74H2,1-4H3,(H5-,93,96,97,98,99,100,101,102,103,104,105,106)/p-3. The summed E-state index contributed by atoms with van der Waals surface area (Å²) in [6, 6.07) is 10.4. The van der Waals surface area contributed by atoms with Crippen LogP contribution in [0.1, 0.15) is 96.1 Å². The topological polar surface area (TPSA) is 492 Å². The van der Waals surface area contributed by atoms with Gasteiger partial charge in [0.15, 0.2) is 5.71 Å². The molecule has 2 N–H and O–H groups in total. The molecule has 3 aromatic rings. The molecule has 5 rings (SSSR count). The number of benzene rings is 3. The number of carboxylic acids is 1. The molecule has 46 heteroatoms. The van der Waals surface area contributed by atoms with E-state index in [1.54, 1.807) is 13.2 Å². The Bertz CT molecular complexity index is 4010. The minimum atomic E-state index is -5.32. The Morgan fingerprint density at radius 2 is 0.826 bits per heavy atom. The lowest BCUT2D eigenvalue weighted by Gasteiger charge is -2.31. The van der Waals surface area contributed by atoms with Crippen molar-refractivity contribution in [1.82, 2.24) is 5.32 Å². The molecule has 0 saturated carbocycles. The van der Waals surface area contributed by atoms with E-state index in [0.717, 1.165) is 60.0 Å². The maximum Gasteiger partial charge on any atom is 0.303 e. The van der Waals surface area contributed by atoms with E-state index in [9.17, 15) is 51.2 Å². The molecule has 0 fully saturated rings. The Kier molecular flexibility index (Phi) is 71.6. The lowest BCUT2D eigenvalue weighted by atomic mass is 9.75. The van der Waals surface area contributed by atoms with Crippen LogP contribution >= 0.6 is 24.1 Å². The van der Waals surface area contributed by atoms with Gasteiger partial charge < -0.3 is 149 Å². The van der Waals surface area contributed by atoms with Crippen LogP contribution in [0.2, 0.25) is 0 Å². The Morgan fingerprint density at radius 1 is 0.435 bits per heavy atom. The fraction of sp³-hybridized carbons (Fsp3) is 0.728. The summed E-state index contributed by atoms with van der Waals surface area (Å²) in [4.78, 5) is 25.2. The van der Waals surface area contributed by atoms with Crippen molar-refractivity contribution in [2.24, 2.45) is 0 Å². The Morgan fingerprint density at radius 3 is 1.21 bits per heavy atom. The number of allylic oxidation sites excluding steroid dienone is 6. The van der Waals surface area contributed by atoms with E-state index in [0.29, 0.717) is 409 Å². The van der Waals surface area contributed by atoms with E-state index in [1.807, 2.05) is 60.4 Å². The van der Waals surface area contributed by atoms with Gasteiger partial charge in [-0.05, 0) is 106 Å². The second-order valence-corrected chi connectivity index (χ2v) is 35.5. The first kappa shape index (κ1) is 123. The Hall–Kier alpha value is -5.13. The molecule has 0 aliphatic carbocycles. The molecule has 0 saturated heterocycles. The summed E-state index contributed by atoms with van der Waals surface area (Å²) in [7, 11) is -8.97. The quantitative estimate of drug-likeness (QED) is 0.0124. The number of methoxy groups -OCH3 is 1. The van der Waals surface area contributed by atoms with Gasteiger partial charge in [0.2, 0.25) is 11.6 Å². The zero-order valence-electron chi connectivity index (χ0n) is 80.5. The van der Waals surface area contributed by atoms with Crippen LogP contribution in [0.3, 0.4) is 0 Å². The highest BCUT2D eigenvalue weighted by Crippen LogP contribution is 2.54. The monoisotopic (exact) mass is 2050 g/mol. The first-order valence-electron chi connectivity index (χ1n) is 46.9. The fourth-order valence-corrected chi connectivity index (χ4v) is 16.2. The SMILES string of the molecule is COCCOCCOCCOCCOCCOCCOCCOCCOCCOCCOCCOCCOCCOCCOCCOCCOCCOCCOCCOCCOCCOCCOCCOCCNC(=O)CCCCC[N+]1=C(C=CC=CC=C2N(CCCSOO[O-])c3ccc4c(S(=O)(=O)[O-])cc(S(=O)(=O)[O-])cc4c3C2(C)CCCCCC(=O)O)C(C)(C)c2cc(SOO[O-])ccc21. The molecular formula is C92H148N3O39S4-3. The molecule has 0 spiro atoms. The molecule has 3 aromatic carbocycles. The summed E-state index contributed by atoms with van der Waals surface area (Å²) < 4.78 is 220. The van der Waals surface area contributed by atoms with Crippen molar-refractivity contribution in [2.45, 2.75) is 110 Å². The van der Waals surface area contributed by atoms with E-state index in [-0.39, 0.29) is 23.1 Å². The van der Waals surface area contributed by atoms with Crippen LogP contribution in [0.15, 0.2) is 93.2 Å². The number of aliphatic carboxylic acids is 1. The van der Waals surface area contributed by atoms with Gasteiger partial charge in [0.1, 0.15) is 26.8 Å². The number of unbranched alkanes of at least 4 members (excludes halogenated alkanes) is 4. The number of carbonyl (C=O) groups is 2. The number of carboxylic acid groups (broad SMARTS) is 1. The van der Waals surface area contributed by atoms with Crippen molar-refractivity contribution in [3.63, 3.8) is 0 Å². The van der Waals surface area contributed by atoms with Crippen molar-refractivity contribution in [2.75, 3.05) is 348 Å². The second kappa shape index (κ2) is 80.1. The molecule has 42 nitrogen and oxygen atoms in total. The van der Waals surface area contributed by atoms with Gasteiger partial charge in [0.25, 0.3) is 0 Å². The molecule has 0 bridgehead atoms. The maximum absolute atomic E-state index is 12.9. The number of rotatable bonds is 98. The van der Waals surface area contributed by atoms with E-state index in [1.165, 1.54) is 6.07 Å². The molecule has 0 aromatic heterocycles. The molecule has 2 aliphatic rings. The highest BCUT2D eigenvalue weighted by Gasteiger charge is 2.46. The average Bonchev–Trinajstić information content (AvgIpc) is 1.55. The predicted molar refractivity (Wildman–Crippen MR) is 500 cm³/mol. The van der Waals surface area contributed by atoms with Gasteiger partial charge in [-0.3, -0.25) is 19.7 Å². The number of ether oxygens (including phenoxy) is 24. The first-order chi connectivity index (χ1) is 67.3. The van der Waals surface area contributed by atoms with Gasteiger partial charge in [-0.1, -0.05) is 37.1 Å². The number of hydrogen-bond acceptors (Lipinski definition) is 41. The van der Waals surface area contributed by atoms with Gasteiger partial charge in [0, 0.05) is 96.7 Å². The molecular weight excluding hydrogens is 1900 g/mol. The summed E-state index contributed by atoms with van der Waals surface area (Å²) >= 11 is 1.57. The summed E-state index contributed by atoms with van der Waals surface area (Å²) in [6.07, 6.45) is 13.8. The van der Waals surface area contributed by atoms with E-state index >= 15 is 0 Å². The minimum Gasteiger partial charge on any atom is -0.744 e. The van der Waals surface area contributed by atoms with Crippen LogP contribution in [0.25, 0.3) is 10.8 Å². The Labute approximate surface area is 821 Å². The summed E-state index contributed by atoms with van der Waals surface area (Å²) in [5.74, 6) is -0.758. The normalized spacial score (nSPS) is 14.8. The van der Waals surface area contributed by atoms with Crippen molar-refractivity contribution in [1.29, 1.82) is 0 Å². The van der Waals surface area contributed by atoms with Gasteiger partial charge >= 0.3 is 5.97 Å². The third-order valence-electron chi connectivity index (χ3n) is 20.8. The average molecular weight is 2050 g/mol. The number of carbonyl (C=O) groups excluding carboxylic acids is 1. The van der Waals surface area contributed by atoms with Crippen LogP contribution in [0.5, 0.6) is 0 Å². The molecule has 792 valence electrons. The minimum absolute atomic E-state index is 0.0677. The largest absolute Gasteiger partial charge is 0.744 e. The third-order valence-corrected chi connectivity index (χ3v) is 23.6. The molecule has 2 heterocycles. The lowest BCUT2D eigenvalue weighted by Crippen LogP contribution is -2.29. The van der Waals surface area contributed by atoms with Crippen LogP contribution in [-0.2, 0) is 173 Å². The highest BCUT2D eigenvalue weighted by atomic mass is 32.2. The maximum atomic E-state index is 12.9. The smallest absolute Gasteiger partial charge is 0.303 e. The first-order valence-corrected chi connectivity index (χ1v) is 51.4. The summed E-state index contributed by atoms with van der Waals surface area (Å²) in [5, 5.41) is 40.9. The number of fused-ring (bicyclic) bond motifs is 4. The van der Waals surface area contributed by atoms with Crippen molar-refractivity contribution in [3.05, 3.63) is 89.7 Å². The van der Waals surface area contributed by atoms with E-state index in [2.05, 4.69) is 42.5 Å². The third kappa shape index (κ3) is 55.8. The van der Waals surface area contributed by atoms with Crippen LogP contribution in [-0.4, -0.2) is 396 Å². The molecule has 1 unspecified atom stereocenters. The van der Waals surface area contributed by atoms with Crippen molar-refractivity contribution < 1.29 is 188 Å². The summed E-state index contributed by atoms with van der Waals surface area (Å²) in [6.45, 7) is 28.9. The highest BCUT2D eigenvalue weighted by molar-refractivity contribution is 7.94. The van der Waals surface area contributed by atoms with Crippen LogP contribution in [0, 0.1) is 0 Å². The predicted octanol–water partition coefficient (Wildman–Crippen LogP) is 6.03. The summed E-state index contributed by atoms with van der Waals surface area (Å²) in [5.41, 5.74) is 2.89. The Balaban J connectivity index is 0.773. The number of nitrogens with one attached hydrogen (secondary N) is 1. The van der Waals surface area contributed by atoms with Gasteiger partial charge in [0.05, 0.1) is 338 Å². The number of nitrogens with zero attached hydrogens (tertiary/aromatic N) is 2. The number of anilines is 1. The molecule has 138 heavy (non-hydrogen) atoms. The van der Waals surface area contributed by atoms with Gasteiger partial charge in [-0.25, -0.2) is 16.8 Å².